The van der Waals surface area contributed by atoms with Crippen molar-refractivity contribution in [3.05, 3.63) is 29.3 Å². The van der Waals surface area contributed by atoms with Crippen molar-refractivity contribution < 1.29 is 4.79 Å². The van der Waals surface area contributed by atoms with Crippen LogP contribution in [0.2, 0.25) is 0 Å². The van der Waals surface area contributed by atoms with Gasteiger partial charge < -0.3 is 4.90 Å². The number of amides is 1. The van der Waals surface area contributed by atoms with Gasteiger partial charge in [-0.2, -0.15) is 0 Å². The molecule has 18 heavy (non-hydrogen) atoms. The lowest BCUT2D eigenvalue weighted by molar-refractivity contribution is -0.128. The zero-order valence-corrected chi connectivity index (χ0v) is 11.4. The molecule has 0 aliphatic carbocycles. The van der Waals surface area contributed by atoms with Crippen molar-refractivity contribution in [2.24, 2.45) is 4.99 Å². The molecule has 0 fully saturated rings. The van der Waals surface area contributed by atoms with E-state index in [9.17, 15) is 4.79 Å². The number of benzene rings is 1. The lowest BCUT2D eigenvalue weighted by Crippen LogP contribution is -2.23. The smallest absolute Gasteiger partial charge is 0.219 e. The molecule has 0 saturated heterocycles. The molecule has 1 amide bonds. The van der Waals surface area contributed by atoms with E-state index in [4.69, 9.17) is 0 Å². The number of nitrogens with zero attached hydrogens (tertiary/aromatic N) is 2. The second-order valence-corrected chi connectivity index (χ2v) is 4.94. The Hall–Kier alpha value is -1.64. The Morgan fingerprint density at radius 1 is 1.44 bits per heavy atom. The molecule has 0 N–H and O–H groups in total. The second-order valence-electron chi connectivity index (χ2n) is 4.94. The molecule has 1 aliphatic heterocycles. The summed E-state index contributed by atoms with van der Waals surface area (Å²) in [5, 5.41) is 0. The first-order valence-corrected chi connectivity index (χ1v) is 6.50. The maximum absolute atomic E-state index is 11.2. The first kappa shape index (κ1) is 12.8. The molecule has 0 aromatic heterocycles. The van der Waals surface area contributed by atoms with Crippen LogP contribution in [0.1, 0.15) is 37.8 Å². The van der Waals surface area contributed by atoms with Crippen LogP contribution in [0.5, 0.6) is 0 Å². The fraction of sp³-hybridized carbons (Fsp3) is 0.467. The number of carbonyl (C=O) groups is 1. The van der Waals surface area contributed by atoms with Gasteiger partial charge in [0.2, 0.25) is 5.91 Å². The summed E-state index contributed by atoms with van der Waals surface area (Å²) >= 11 is 0. The van der Waals surface area contributed by atoms with Gasteiger partial charge in [-0.1, -0.05) is 25.5 Å². The number of carbonyl (C=O) groups excluding carboxylic acids is 1. The van der Waals surface area contributed by atoms with Crippen LogP contribution >= 0.6 is 0 Å². The largest absolute Gasteiger partial charge is 0.342 e. The third kappa shape index (κ3) is 2.78. The first-order valence-electron chi connectivity index (χ1n) is 6.50. The van der Waals surface area contributed by atoms with Gasteiger partial charge in [0, 0.05) is 32.6 Å². The molecule has 1 heterocycles. The van der Waals surface area contributed by atoms with Crippen molar-refractivity contribution in [1.82, 2.24) is 4.90 Å². The van der Waals surface area contributed by atoms with Crippen LogP contribution in [-0.4, -0.2) is 23.6 Å². The molecule has 0 atom stereocenters. The Kier molecular flexibility index (Phi) is 3.80. The maximum Gasteiger partial charge on any atom is 0.219 e. The predicted molar refractivity (Wildman–Crippen MR) is 74.3 cm³/mol. The van der Waals surface area contributed by atoms with Gasteiger partial charge in [0.05, 0.1) is 5.69 Å². The fourth-order valence-electron chi connectivity index (χ4n) is 2.24. The average molecular weight is 244 g/mol. The van der Waals surface area contributed by atoms with E-state index in [1.165, 1.54) is 16.8 Å². The molecule has 0 bridgehead atoms. The van der Waals surface area contributed by atoms with E-state index < -0.39 is 0 Å². The maximum atomic E-state index is 11.2. The van der Waals surface area contributed by atoms with E-state index in [-0.39, 0.29) is 5.91 Å². The van der Waals surface area contributed by atoms with Crippen LogP contribution in [0.15, 0.2) is 23.2 Å². The Morgan fingerprint density at radius 2 is 2.22 bits per heavy atom. The Balaban J connectivity index is 2.09. The van der Waals surface area contributed by atoms with Crippen LogP contribution in [0.3, 0.4) is 0 Å². The summed E-state index contributed by atoms with van der Waals surface area (Å²) in [4.78, 5) is 17.6. The van der Waals surface area contributed by atoms with E-state index >= 15 is 0 Å². The minimum absolute atomic E-state index is 0.0958. The number of aliphatic imine (C=N–C) groups is 1. The van der Waals surface area contributed by atoms with Crippen LogP contribution in [0, 0.1) is 0 Å². The standard InChI is InChI=1S/C15H20N2O/c1-4-5-14-9-13-8-12(6-7-15(13)16-14)10-17(3)11(2)18/h6-8H,4-5,9-10H2,1-3H3. The van der Waals surface area contributed by atoms with E-state index in [2.05, 4.69) is 30.1 Å². The Labute approximate surface area is 109 Å². The summed E-state index contributed by atoms with van der Waals surface area (Å²) < 4.78 is 0. The van der Waals surface area contributed by atoms with Gasteiger partial charge >= 0.3 is 0 Å². The zero-order chi connectivity index (χ0) is 13.1. The summed E-state index contributed by atoms with van der Waals surface area (Å²) in [6.45, 7) is 4.44. The number of hydrogen-bond donors (Lipinski definition) is 0. The SMILES string of the molecule is CCCC1=Nc2ccc(CN(C)C(C)=O)cc2C1. The van der Waals surface area contributed by atoms with Gasteiger partial charge in [-0.25, -0.2) is 0 Å². The first-order chi connectivity index (χ1) is 8.60. The van der Waals surface area contributed by atoms with Crippen molar-refractivity contribution >= 4 is 17.3 Å². The van der Waals surface area contributed by atoms with Gasteiger partial charge in [0.15, 0.2) is 0 Å². The van der Waals surface area contributed by atoms with Gasteiger partial charge in [-0.15, -0.1) is 0 Å². The minimum atomic E-state index is 0.0958. The number of rotatable bonds is 4. The summed E-state index contributed by atoms with van der Waals surface area (Å²) in [6.07, 6.45) is 3.20. The third-order valence-electron chi connectivity index (χ3n) is 3.31. The lowest BCUT2D eigenvalue weighted by atomic mass is 10.0. The van der Waals surface area contributed by atoms with Crippen molar-refractivity contribution in [2.75, 3.05) is 7.05 Å². The number of fused-ring (bicyclic) bond motifs is 1. The topological polar surface area (TPSA) is 32.7 Å². The zero-order valence-electron chi connectivity index (χ0n) is 11.4. The van der Waals surface area contributed by atoms with Crippen molar-refractivity contribution in [2.45, 2.75) is 39.7 Å². The Morgan fingerprint density at radius 3 is 2.89 bits per heavy atom. The van der Waals surface area contributed by atoms with Gasteiger partial charge in [-0.05, 0) is 23.6 Å². The third-order valence-corrected chi connectivity index (χ3v) is 3.31. The van der Waals surface area contributed by atoms with Crippen LogP contribution in [-0.2, 0) is 17.8 Å². The molecular formula is C15H20N2O. The molecule has 0 radical (unpaired) electrons. The summed E-state index contributed by atoms with van der Waals surface area (Å²) in [7, 11) is 1.83. The molecule has 0 saturated carbocycles. The van der Waals surface area contributed by atoms with Crippen LogP contribution < -0.4 is 0 Å². The molecule has 1 aromatic carbocycles. The highest BCUT2D eigenvalue weighted by Gasteiger charge is 2.14. The highest BCUT2D eigenvalue weighted by atomic mass is 16.2. The van der Waals surface area contributed by atoms with E-state index in [0.717, 1.165) is 24.9 Å². The molecule has 0 spiro atoms. The van der Waals surface area contributed by atoms with Gasteiger partial charge in [-0.3, -0.25) is 9.79 Å². The van der Waals surface area contributed by atoms with E-state index in [1.54, 1.807) is 11.8 Å². The fourth-order valence-corrected chi connectivity index (χ4v) is 2.24. The van der Waals surface area contributed by atoms with Crippen molar-refractivity contribution in [3.8, 4) is 0 Å². The molecule has 1 aromatic rings. The molecule has 3 nitrogen and oxygen atoms in total. The molecule has 3 heteroatoms. The average Bonchev–Trinajstić information content (AvgIpc) is 2.71. The van der Waals surface area contributed by atoms with Crippen molar-refractivity contribution in [3.63, 3.8) is 0 Å². The lowest BCUT2D eigenvalue weighted by Gasteiger charge is -2.15. The number of hydrogen-bond acceptors (Lipinski definition) is 2. The van der Waals surface area contributed by atoms with Crippen LogP contribution in [0.25, 0.3) is 0 Å². The highest BCUT2D eigenvalue weighted by Crippen LogP contribution is 2.29. The summed E-state index contributed by atoms with van der Waals surface area (Å²) in [5.74, 6) is 0.0958. The summed E-state index contributed by atoms with van der Waals surface area (Å²) in [5.41, 5.74) is 4.87. The molecule has 96 valence electrons. The molecular weight excluding hydrogens is 224 g/mol. The van der Waals surface area contributed by atoms with Gasteiger partial charge in [0.25, 0.3) is 0 Å². The highest BCUT2D eigenvalue weighted by molar-refractivity contribution is 5.93. The Bertz CT molecular complexity index is 491. The minimum Gasteiger partial charge on any atom is -0.342 e. The summed E-state index contributed by atoms with van der Waals surface area (Å²) in [6, 6.07) is 6.32. The van der Waals surface area contributed by atoms with E-state index in [1.807, 2.05) is 7.05 Å². The van der Waals surface area contributed by atoms with E-state index in [0.29, 0.717) is 6.54 Å². The molecule has 0 unspecified atom stereocenters. The van der Waals surface area contributed by atoms with Crippen molar-refractivity contribution in [1.29, 1.82) is 0 Å². The second kappa shape index (κ2) is 5.34. The van der Waals surface area contributed by atoms with Crippen LogP contribution in [0.4, 0.5) is 5.69 Å². The predicted octanol–water partition coefficient (Wildman–Crippen LogP) is 3.09. The molecule has 1 aliphatic rings. The monoisotopic (exact) mass is 244 g/mol. The quantitative estimate of drug-likeness (QED) is 0.801. The normalized spacial score (nSPS) is 13.2. The van der Waals surface area contributed by atoms with Gasteiger partial charge in [0.1, 0.15) is 0 Å². The molecule has 2 rings (SSSR count).